The molecule has 1 aliphatic heterocycles. The van der Waals surface area contributed by atoms with Gasteiger partial charge >= 0.3 is 0 Å². The van der Waals surface area contributed by atoms with E-state index in [1.54, 1.807) is 0 Å². The van der Waals surface area contributed by atoms with E-state index >= 15 is 0 Å². The summed E-state index contributed by atoms with van der Waals surface area (Å²) in [6, 6.07) is 0. The molecule has 1 heterocycles. The van der Waals surface area contributed by atoms with Crippen LogP contribution in [0.4, 0.5) is 0 Å². The third-order valence-electron chi connectivity index (χ3n) is 1.94. The minimum Gasteiger partial charge on any atom is -0.298 e. The zero-order chi connectivity index (χ0) is 8.97. The van der Waals surface area contributed by atoms with Gasteiger partial charge in [0.05, 0.1) is 0 Å². The zero-order valence-electron chi connectivity index (χ0n) is 7.16. The molecule has 0 aromatic rings. The summed E-state index contributed by atoms with van der Waals surface area (Å²) in [5.74, 6) is 2.39. The molecule has 1 saturated heterocycles. The van der Waals surface area contributed by atoms with Crippen LogP contribution in [0.25, 0.3) is 0 Å². The summed E-state index contributed by atoms with van der Waals surface area (Å²) >= 11 is 4.15. The molecule has 0 bridgehead atoms. The fourth-order valence-electron chi connectivity index (χ4n) is 1.20. The zero-order valence-corrected chi connectivity index (χ0v) is 8.87. The van der Waals surface area contributed by atoms with Gasteiger partial charge in [0.1, 0.15) is 0 Å². The number of hydrogen-bond donors (Lipinski definition) is 1. The Labute approximate surface area is 81.9 Å². The molecule has 0 N–H and O–H groups in total. The minimum atomic E-state index is -0.568. The lowest BCUT2D eigenvalue weighted by molar-refractivity contribution is 0.325. The number of rotatable bonds is 3. The first-order chi connectivity index (χ1) is 5.72. The lowest BCUT2D eigenvalue weighted by atomic mass is 10.3. The number of thiol groups is 1. The number of nitrogens with zero attached hydrogens (tertiary/aromatic N) is 1. The molecule has 0 aromatic carbocycles. The van der Waals surface area contributed by atoms with E-state index in [1.165, 1.54) is 0 Å². The van der Waals surface area contributed by atoms with Crippen molar-refractivity contribution in [2.24, 2.45) is 0 Å². The molecule has 1 fully saturated rings. The predicted molar refractivity (Wildman–Crippen MR) is 57.3 cm³/mol. The molecule has 70 valence electrons. The lowest BCUT2D eigenvalue weighted by Crippen LogP contribution is -2.38. The van der Waals surface area contributed by atoms with Gasteiger partial charge in [-0.15, -0.1) is 0 Å². The third kappa shape index (κ3) is 3.29. The van der Waals surface area contributed by atoms with Crippen LogP contribution in [0.1, 0.15) is 0 Å². The Bertz CT molecular complexity index is 183. The summed E-state index contributed by atoms with van der Waals surface area (Å²) in [5.41, 5.74) is 1.14. The largest absolute Gasteiger partial charge is 0.298 e. The second-order valence-corrected chi connectivity index (χ2v) is 5.04. The second-order valence-electron chi connectivity index (χ2n) is 3.03. The molecule has 1 aliphatic rings. The Balaban J connectivity index is 2.26. The van der Waals surface area contributed by atoms with Crippen LogP contribution < -0.4 is 0 Å². The van der Waals surface area contributed by atoms with Gasteiger partial charge in [-0.3, -0.25) is 9.11 Å². The molecule has 2 nitrogen and oxygen atoms in total. The van der Waals surface area contributed by atoms with Crippen molar-refractivity contribution in [3.63, 3.8) is 0 Å². The fraction of sp³-hybridized carbons (Fsp3) is 0.750. The van der Waals surface area contributed by atoms with Crippen LogP contribution >= 0.6 is 12.6 Å². The predicted octanol–water partition coefficient (Wildman–Crippen LogP) is 0.537. The highest BCUT2D eigenvalue weighted by molar-refractivity contribution is 7.85. The highest BCUT2D eigenvalue weighted by Gasteiger charge is 2.14. The quantitative estimate of drug-likeness (QED) is 0.536. The molecule has 0 atom stereocenters. The van der Waals surface area contributed by atoms with Gasteiger partial charge in [-0.2, -0.15) is 12.6 Å². The van der Waals surface area contributed by atoms with Crippen LogP contribution in [-0.4, -0.2) is 46.0 Å². The van der Waals surface area contributed by atoms with E-state index in [1.807, 2.05) is 0 Å². The Morgan fingerprint density at radius 3 is 2.58 bits per heavy atom. The van der Waals surface area contributed by atoms with Crippen molar-refractivity contribution in [1.29, 1.82) is 0 Å². The van der Waals surface area contributed by atoms with Crippen molar-refractivity contribution < 1.29 is 4.21 Å². The molecule has 0 spiro atoms. The topological polar surface area (TPSA) is 20.3 Å². The molecular weight excluding hydrogens is 190 g/mol. The molecule has 0 aromatic heterocycles. The Morgan fingerprint density at radius 1 is 1.50 bits per heavy atom. The van der Waals surface area contributed by atoms with Crippen molar-refractivity contribution in [1.82, 2.24) is 4.90 Å². The maximum absolute atomic E-state index is 11.0. The highest BCUT2D eigenvalue weighted by Crippen LogP contribution is 2.03. The first-order valence-electron chi connectivity index (χ1n) is 4.07. The molecule has 0 radical (unpaired) electrons. The van der Waals surface area contributed by atoms with Gasteiger partial charge in [-0.05, 0) is 0 Å². The monoisotopic (exact) mass is 205 g/mol. The summed E-state index contributed by atoms with van der Waals surface area (Å²) in [6.07, 6.45) is 0. The van der Waals surface area contributed by atoms with Crippen LogP contribution in [-0.2, 0) is 10.8 Å². The van der Waals surface area contributed by atoms with Crippen LogP contribution in [0.15, 0.2) is 12.2 Å². The van der Waals surface area contributed by atoms with Crippen LogP contribution in [0.2, 0.25) is 0 Å². The van der Waals surface area contributed by atoms with E-state index in [0.717, 1.165) is 42.5 Å². The summed E-state index contributed by atoms with van der Waals surface area (Å²) < 4.78 is 11.0. The number of hydrogen-bond acceptors (Lipinski definition) is 3. The maximum Gasteiger partial charge on any atom is 0.0363 e. The first-order valence-corrected chi connectivity index (χ1v) is 6.19. The Hall–Kier alpha value is 0.200. The molecule has 4 heteroatoms. The van der Waals surface area contributed by atoms with Crippen molar-refractivity contribution in [2.75, 3.05) is 36.9 Å². The Kier molecular flexibility index (Phi) is 4.32. The lowest BCUT2D eigenvalue weighted by Gasteiger charge is -2.26. The third-order valence-corrected chi connectivity index (χ3v) is 3.66. The molecule has 0 amide bonds. The van der Waals surface area contributed by atoms with E-state index in [0.29, 0.717) is 0 Å². The van der Waals surface area contributed by atoms with Gasteiger partial charge in [0.15, 0.2) is 0 Å². The van der Waals surface area contributed by atoms with Crippen LogP contribution in [0, 0.1) is 0 Å². The molecular formula is C8H15NOS2. The fourth-order valence-corrected chi connectivity index (χ4v) is 2.43. The van der Waals surface area contributed by atoms with Crippen LogP contribution in [0.5, 0.6) is 0 Å². The van der Waals surface area contributed by atoms with Gasteiger partial charge < -0.3 is 0 Å². The molecule has 0 saturated carbocycles. The standard InChI is InChI=1S/C8H15NOS2/c1-8(7-11)6-9-2-4-12(10)5-3-9/h11H,1-7H2. The smallest absolute Gasteiger partial charge is 0.0363 e. The van der Waals surface area contributed by atoms with Gasteiger partial charge in [0, 0.05) is 47.7 Å². The minimum absolute atomic E-state index is 0.568. The van der Waals surface area contributed by atoms with Gasteiger partial charge in [0.25, 0.3) is 0 Å². The molecule has 0 unspecified atom stereocenters. The van der Waals surface area contributed by atoms with E-state index in [-0.39, 0.29) is 0 Å². The summed E-state index contributed by atoms with van der Waals surface area (Å²) in [5, 5.41) is 0. The molecule has 1 rings (SSSR count). The maximum atomic E-state index is 11.0. The summed E-state index contributed by atoms with van der Waals surface area (Å²) in [6.45, 7) is 6.70. The van der Waals surface area contributed by atoms with Crippen LogP contribution in [0.3, 0.4) is 0 Å². The van der Waals surface area contributed by atoms with Gasteiger partial charge in [-0.25, -0.2) is 0 Å². The van der Waals surface area contributed by atoms with E-state index < -0.39 is 10.8 Å². The summed E-state index contributed by atoms with van der Waals surface area (Å²) in [4.78, 5) is 2.29. The van der Waals surface area contributed by atoms with E-state index in [9.17, 15) is 4.21 Å². The Morgan fingerprint density at radius 2 is 2.08 bits per heavy atom. The SMILES string of the molecule is C=C(CS)CN1CCS(=O)CC1. The molecule has 12 heavy (non-hydrogen) atoms. The normalized spacial score (nSPS) is 21.1. The van der Waals surface area contributed by atoms with Gasteiger partial charge in [-0.1, -0.05) is 12.2 Å². The van der Waals surface area contributed by atoms with E-state index in [2.05, 4.69) is 24.1 Å². The first kappa shape index (κ1) is 10.3. The van der Waals surface area contributed by atoms with Crippen molar-refractivity contribution in [3.05, 3.63) is 12.2 Å². The average Bonchev–Trinajstić information content (AvgIpc) is 2.09. The van der Waals surface area contributed by atoms with Gasteiger partial charge in [0.2, 0.25) is 0 Å². The van der Waals surface area contributed by atoms with Crippen molar-refractivity contribution >= 4 is 23.4 Å². The van der Waals surface area contributed by atoms with Crippen molar-refractivity contribution in [2.45, 2.75) is 0 Å². The molecule has 0 aliphatic carbocycles. The van der Waals surface area contributed by atoms with E-state index in [4.69, 9.17) is 0 Å². The average molecular weight is 205 g/mol. The highest BCUT2D eigenvalue weighted by atomic mass is 32.2. The van der Waals surface area contributed by atoms with Crippen molar-refractivity contribution in [3.8, 4) is 0 Å². The second kappa shape index (κ2) is 5.04. The summed E-state index contributed by atoms with van der Waals surface area (Å²) in [7, 11) is -0.568.